The van der Waals surface area contributed by atoms with Crippen LogP contribution in [0, 0.1) is 0 Å². The van der Waals surface area contributed by atoms with Crippen molar-refractivity contribution in [3.05, 3.63) is 53.9 Å². The van der Waals surface area contributed by atoms with Gasteiger partial charge in [0.2, 0.25) is 0 Å². The van der Waals surface area contributed by atoms with Crippen molar-refractivity contribution in [3.8, 4) is 11.1 Å². The van der Waals surface area contributed by atoms with Gasteiger partial charge in [-0.05, 0) is 44.5 Å². The lowest BCUT2D eigenvalue weighted by Crippen LogP contribution is -2.44. The molecule has 1 unspecified atom stereocenters. The fourth-order valence-electron chi connectivity index (χ4n) is 2.89. The van der Waals surface area contributed by atoms with Crippen LogP contribution in [0.15, 0.2) is 42.6 Å². The average molecular weight is 384 g/mol. The third-order valence-electron chi connectivity index (χ3n) is 4.30. The van der Waals surface area contributed by atoms with Crippen molar-refractivity contribution in [1.82, 2.24) is 9.88 Å². The van der Waals surface area contributed by atoms with Crippen LogP contribution >= 0.6 is 0 Å². The van der Waals surface area contributed by atoms with E-state index >= 15 is 0 Å². The molecule has 7 nitrogen and oxygen atoms in total. The van der Waals surface area contributed by atoms with Gasteiger partial charge in [-0.3, -0.25) is 4.98 Å². The van der Waals surface area contributed by atoms with Crippen LogP contribution in [0.2, 0.25) is 0 Å². The molecule has 1 fully saturated rings. The molecule has 148 valence electrons. The van der Waals surface area contributed by atoms with Crippen molar-refractivity contribution in [2.45, 2.75) is 32.5 Å². The van der Waals surface area contributed by atoms with Gasteiger partial charge < -0.3 is 19.5 Å². The van der Waals surface area contributed by atoms with E-state index in [-0.39, 0.29) is 17.8 Å². The number of hydrogen-bond acceptors (Lipinski definition) is 5. The SMILES string of the molecule is CC(C)(C)OC(=O)N1CCOC(c2ccc(-c3ccc(C(=O)O)cc3)cn2)C1. The quantitative estimate of drug-likeness (QED) is 0.867. The predicted octanol–water partition coefficient (Wildman–Crippen LogP) is 3.76. The zero-order chi connectivity index (χ0) is 20.3. The van der Waals surface area contributed by atoms with Gasteiger partial charge in [0.05, 0.1) is 24.4 Å². The number of nitrogens with zero attached hydrogens (tertiary/aromatic N) is 2. The Balaban J connectivity index is 1.69. The minimum atomic E-state index is -0.955. The maximum Gasteiger partial charge on any atom is 0.410 e. The molecule has 0 spiro atoms. The molecular formula is C21H24N2O5. The normalized spacial score (nSPS) is 17.2. The molecule has 1 aromatic carbocycles. The topological polar surface area (TPSA) is 89.0 Å². The fraction of sp³-hybridized carbons (Fsp3) is 0.381. The Labute approximate surface area is 163 Å². The molecule has 0 bridgehead atoms. The van der Waals surface area contributed by atoms with E-state index in [0.717, 1.165) is 16.8 Å². The van der Waals surface area contributed by atoms with E-state index in [1.165, 1.54) is 0 Å². The molecule has 1 N–H and O–H groups in total. The average Bonchev–Trinajstić information content (AvgIpc) is 2.67. The van der Waals surface area contributed by atoms with E-state index < -0.39 is 11.6 Å². The Kier molecular flexibility index (Phi) is 5.65. The number of aromatic carboxylic acids is 1. The van der Waals surface area contributed by atoms with Crippen LogP contribution in [0.5, 0.6) is 0 Å². The Morgan fingerprint density at radius 2 is 1.82 bits per heavy atom. The molecule has 0 radical (unpaired) electrons. The summed E-state index contributed by atoms with van der Waals surface area (Å²) in [5.74, 6) is -0.955. The van der Waals surface area contributed by atoms with Gasteiger partial charge in [-0.2, -0.15) is 0 Å². The van der Waals surface area contributed by atoms with Crippen molar-refractivity contribution in [2.24, 2.45) is 0 Å². The number of benzene rings is 1. The highest BCUT2D eigenvalue weighted by atomic mass is 16.6. The molecule has 7 heteroatoms. The van der Waals surface area contributed by atoms with E-state index in [4.69, 9.17) is 14.6 Å². The zero-order valence-corrected chi connectivity index (χ0v) is 16.2. The summed E-state index contributed by atoms with van der Waals surface area (Å²) in [6.07, 6.45) is 1.06. The molecule has 1 aliphatic heterocycles. The molecule has 1 atom stereocenters. The third-order valence-corrected chi connectivity index (χ3v) is 4.30. The van der Waals surface area contributed by atoms with Crippen LogP contribution in [0.3, 0.4) is 0 Å². The van der Waals surface area contributed by atoms with E-state index in [9.17, 15) is 9.59 Å². The number of ether oxygens (including phenoxy) is 2. The van der Waals surface area contributed by atoms with Crippen molar-refractivity contribution >= 4 is 12.1 Å². The first-order valence-corrected chi connectivity index (χ1v) is 9.12. The summed E-state index contributed by atoms with van der Waals surface area (Å²) in [5, 5.41) is 8.99. The Morgan fingerprint density at radius 3 is 2.39 bits per heavy atom. The summed E-state index contributed by atoms with van der Waals surface area (Å²) in [6, 6.07) is 10.4. The van der Waals surface area contributed by atoms with Gasteiger partial charge in [0, 0.05) is 18.3 Å². The molecule has 0 aliphatic carbocycles. The molecule has 1 saturated heterocycles. The largest absolute Gasteiger partial charge is 0.478 e. The number of pyridine rings is 1. The highest BCUT2D eigenvalue weighted by Crippen LogP contribution is 2.25. The van der Waals surface area contributed by atoms with Crippen LogP contribution in [0.25, 0.3) is 11.1 Å². The Bertz CT molecular complexity index is 841. The molecule has 1 amide bonds. The molecule has 3 rings (SSSR count). The van der Waals surface area contributed by atoms with Gasteiger partial charge in [-0.25, -0.2) is 9.59 Å². The maximum absolute atomic E-state index is 12.3. The summed E-state index contributed by atoms with van der Waals surface area (Å²) < 4.78 is 11.2. The van der Waals surface area contributed by atoms with Crippen molar-refractivity contribution < 1.29 is 24.2 Å². The number of morpholine rings is 1. The Morgan fingerprint density at radius 1 is 1.14 bits per heavy atom. The number of carboxylic acids is 1. The molecule has 1 aliphatic rings. The number of hydrogen-bond donors (Lipinski definition) is 1. The number of rotatable bonds is 3. The van der Waals surface area contributed by atoms with Crippen molar-refractivity contribution in [2.75, 3.05) is 19.7 Å². The second-order valence-corrected chi connectivity index (χ2v) is 7.64. The molecule has 2 aromatic rings. The maximum atomic E-state index is 12.3. The summed E-state index contributed by atoms with van der Waals surface area (Å²) in [5.41, 5.74) is 2.19. The van der Waals surface area contributed by atoms with Gasteiger partial charge in [-0.15, -0.1) is 0 Å². The number of carbonyl (C=O) groups is 2. The standard InChI is InChI=1S/C21H24N2O5/c1-21(2,3)28-20(26)23-10-11-27-18(13-23)17-9-8-16(12-22-17)14-4-6-15(7-5-14)19(24)25/h4-9,12,18H,10-11,13H2,1-3H3,(H,24,25). The zero-order valence-electron chi connectivity index (χ0n) is 16.2. The van der Waals surface area contributed by atoms with Crippen LogP contribution < -0.4 is 0 Å². The lowest BCUT2D eigenvalue weighted by molar-refractivity contribution is -0.0447. The van der Waals surface area contributed by atoms with Crippen LogP contribution in [0.4, 0.5) is 4.79 Å². The van der Waals surface area contributed by atoms with Gasteiger partial charge >= 0.3 is 12.1 Å². The van der Waals surface area contributed by atoms with E-state index in [2.05, 4.69) is 4.98 Å². The first kappa shape index (κ1) is 19.8. The molecular weight excluding hydrogens is 360 g/mol. The minimum absolute atomic E-state index is 0.242. The second kappa shape index (κ2) is 7.98. The number of carboxylic acid groups (broad SMARTS) is 1. The van der Waals surface area contributed by atoms with Gasteiger partial charge in [0.25, 0.3) is 0 Å². The lowest BCUT2D eigenvalue weighted by atomic mass is 10.0. The molecule has 28 heavy (non-hydrogen) atoms. The summed E-state index contributed by atoms with van der Waals surface area (Å²) in [4.78, 5) is 29.4. The van der Waals surface area contributed by atoms with Gasteiger partial charge in [-0.1, -0.05) is 18.2 Å². The summed E-state index contributed by atoms with van der Waals surface area (Å²) >= 11 is 0. The first-order valence-electron chi connectivity index (χ1n) is 9.12. The fourth-order valence-corrected chi connectivity index (χ4v) is 2.89. The van der Waals surface area contributed by atoms with Crippen LogP contribution in [0.1, 0.15) is 42.9 Å². The number of aromatic nitrogens is 1. The predicted molar refractivity (Wildman–Crippen MR) is 103 cm³/mol. The second-order valence-electron chi connectivity index (χ2n) is 7.64. The van der Waals surface area contributed by atoms with Gasteiger partial charge in [0.1, 0.15) is 11.7 Å². The smallest absolute Gasteiger partial charge is 0.410 e. The summed E-state index contributed by atoms with van der Waals surface area (Å²) in [7, 11) is 0. The van der Waals surface area contributed by atoms with Crippen LogP contribution in [-0.4, -0.2) is 52.4 Å². The van der Waals surface area contributed by atoms with Gasteiger partial charge in [0.15, 0.2) is 0 Å². The van der Waals surface area contributed by atoms with Crippen LogP contribution in [-0.2, 0) is 9.47 Å². The van der Waals surface area contributed by atoms with E-state index in [1.807, 2.05) is 32.9 Å². The number of carbonyl (C=O) groups excluding carboxylic acids is 1. The Hall–Kier alpha value is -2.93. The lowest BCUT2D eigenvalue weighted by Gasteiger charge is -2.34. The monoisotopic (exact) mass is 384 g/mol. The van der Waals surface area contributed by atoms with Crippen molar-refractivity contribution in [3.63, 3.8) is 0 Å². The highest BCUT2D eigenvalue weighted by Gasteiger charge is 2.29. The highest BCUT2D eigenvalue weighted by molar-refractivity contribution is 5.88. The molecule has 1 aromatic heterocycles. The third kappa shape index (κ3) is 4.86. The van der Waals surface area contributed by atoms with E-state index in [1.54, 1.807) is 35.4 Å². The van der Waals surface area contributed by atoms with E-state index in [0.29, 0.717) is 19.7 Å². The number of amides is 1. The minimum Gasteiger partial charge on any atom is -0.478 e. The van der Waals surface area contributed by atoms with Crippen molar-refractivity contribution in [1.29, 1.82) is 0 Å². The molecule has 2 heterocycles. The summed E-state index contributed by atoms with van der Waals surface area (Å²) in [6.45, 7) is 6.81. The first-order chi connectivity index (χ1) is 13.2. The molecule has 0 saturated carbocycles.